The molecular formula is C33H40N2O4. The van der Waals surface area contributed by atoms with Crippen molar-refractivity contribution >= 4 is 5.97 Å². The normalized spacial score (nSPS) is 18.8. The van der Waals surface area contributed by atoms with Crippen LogP contribution in [-0.4, -0.2) is 55.4 Å². The third-order valence-electron chi connectivity index (χ3n) is 8.09. The van der Waals surface area contributed by atoms with Crippen LogP contribution in [0.1, 0.15) is 42.4 Å². The zero-order chi connectivity index (χ0) is 26.9. The van der Waals surface area contributed by atoms with Crippen molar-refractivity contribution in [3.05, 3.63) is 102 Å². The maximum atomic E-state index is 13.6. The molecule has 2 N–H and O–H groups in total. The van der Waals surface area contributed by atoms with Crippen LogP contribution in [0.2, 0.25) is 0 Å². The Morgan fingerprint density at radius 2 is 1.46 bits per heavy atom. The summed E-state index contributed by atoms with van der Waals surface area (Å²) in [6.07, 6.45) is 4.10. The first-order chi connectivity index (χ1) is 19.1. The largest absolute Gasteiger partial charge is 0.493 e. The van der Waals surface area contributed by atoms with Gasteiger partial charge < -0.3 is 19.9 Å². The predicted octanol–water partition coefficient (Wildman–Crippen LogP) is 4.76. The van der Waals surface area contributed by atoms with Crippen molar-refractivity contribution < 1.29 is 19.4 Å². The van der Waals surface area contributed by atoms with Gasteiger partial charge in [-0.1, -0.05) is 72.8 Å². The first-order valence-electron chi connectivity index (χ1n) is 14.3. The zero-order valence-electron chi connectivity index (χ0n) is 22.6. The number of piperidine rings is 2. The Morgan fingerprint density at radius 3 is 2.18 bits per heavy atom. The van der Waals surface area contributed by atoms with Crippen LogP contribution in [0.5, 0.6) is 5.75 Å². The Bertz CT molecular complexity index is 1170. The summed E-state index contributed by atoms with van der Waals surface area (Å²) in [5.41, 5.74) is 0.350. The van der Waals surface area contributed by atoms with Gasteiger partial charge in [-0.05, 0) is 87.0 Å². The van der Waals surface area contributed by atoms with Crippen LogP contribution in [-0.2, 0) is 21.7 Å². The number of hydrogen-bond acceptors (Lipinski definition) is 6. The van der Waals surface area contributed by atoms with Crippen LogP contribution in [0.4, 0.5) is 0 Å². The van der Waals surface area contributed by atoms with Crippen molar-refractivity contribution in [2.45, 2.75) is 37.8 Å². The SMILES string of the molecule is O=C(OCC1CCN(Cc2ccccc2)CC1)[C@](O)(c1ccccc1)c1cccc(OCC2CCNCC2)c1. The third-order valence-corrected chi connectivity index (χ3v) is 8.09. The highest BCUT2D eigenvalue weighted by atomic mass is 16.5. The summed E-state index contributed by atoms with van der Waals surface area (Å²) in [6.45, 7) is 5.84. The Morgan fingerprint density at radius 1 is 0.821 bits per heavy atom. The lowest BCUT2D eigenvalue weighted by molar-refractivity contribution is -0.164. The van der Waals surface area contributed by atoms with Crippen molar-refractivity contribution in [1.29, 1.82) is 0 Å². The van der Waals surface area contributed by atoms with E-state index in [0.717, 1.165) is 58.4 Å². The van der Waals surface area contributed by atoms with Gasteiger partial charge in [-0.25, -0.2) is 4.79 Å². The van der Waals surface area contributed by atoms with Crippen molar-refractivity contribution in [3.8, 4) is 5.75 Å². The van der Waals surface area contributed by atoms with E-state index < -0.39 is 11.6 Å². The summed E-state index contributed by atoms with van der Waals surface area (Å²) in [6, 6.07) is 26.8. The molecule has 0 spiro atoms. The number of ether oxygens (including phenoxy) is 2. The van der Waals surface area contributed by atoms with Crippen LogP contribution in [0, 0.1) is 11.8 Å². The van der Waals surface area contributed by atoms with Gasteiger partial charge in [-0.15, -0.1) is 0 Å². The van der Waals surface area contributed by atoms with Gasteiger partial charge in [-0.3, -0.25) is 4.90 Å². The number of likely N-dealkylation sites (tertiary alicyclic amines) is 1. The van der Waals surface area contributed by atoms with Crippen molar-refractivity contribution in [2.75, 3.05) is 39.4 Å². The maximum absolute atomic E-state index is 13.6. The molecule has 6 nitrogen and oxygen atoms in total. The summed E-state index contributed by atoms with van der Waals surface area (Å²) in [4.78, 5) is 16.0. The first-order valence-corrected chi connectivity index (χ1v) is 14.3. The molecule has 3 aromatic rings. The fourth-order valence-electron chi connectivity index (χ4n) is 5.61. The first kappa shape index (κ1) is 27.4. The number of benzene rings is 3. The van der Waals surface area contributed by atoms with Gasteiger partial charge in [0.05, 0.1) is 13.2 Å². The molecule has 3 aromatic carbocycles. The number of carbonyl (C=O) groups is 1. The highest BCUT2D eigenvalue weighted by molar-refractivity contribution is 5.85. The second kappa shape index (κ2) is 13.2. The monoisotopic (exact) mass is 528 g/mol. The van der Waals surface area contributed by atoms with Crippen LogP contribution in [0.3, 0.4) is 0 Å². The molecule has 5 rings (SSSR count). The van der Waals surface area contributed by atoms with E-state index in [1.165, 1.54) is 5.56 Å². The summed E-state index contributed by atoms with van der Waals surface area (Å²) in [5, 5.41) is 15.3. The summed E-state index contributed by atoms with van der Waals surface area (Å²) in [5.74, 6) is 0.794. The minimum Gasteiger partial charge on any atom is -0.493 e. The van der Waals surface area contributed by atoms with Gasteiger partial charge in [0.2, 0.25) is 5.60 Å². The average Bonchev–Trinajstić information content (AvgIpc) is 3.01. The molecule has 0 saturated carbocycles. The Labute approximate surface area is 232 Å². The van der Waals surface area contributed by atoms with E-state index in [9.17, 15) is 9.90 Å². The van der Waals surface area contributed by atoms with Crippen LogP contribution < -0.4 is 10.1 Å². The summed E-state index contributed by atoms with van der Waals surface area (Å²) in [7, 11) is 0. The molecule has 0 bridgehead atoms. The Hall–Kier alpha value is -3.19. The number of hydrogen-bond donors (Lipinski definition) is 2. The number of rotatable bonds is 10. The average molecular weight is 529 g/mol. The molecule has 1 atom stereocenters. The van der Waals surface area contributed by atoms with E-state index in [4.69, 9.17) is 9.47 Å². The predicted molar refractivity (Wildman–Crippen MR) is 152 cm³/mol. The number of nitrogens with one attached hydrogen (secondary N) is 1. The van der Waals surface area contributed by atoms with E-state index >= 15 is 0 Å². The van der Waals surface area contributed by atoms with E-state index in [2.05, 4.69) is 34.5 Å². The lowest BCUT2D eigenvalue weighted by atomic mass is 9.86. The lowest BCUT2D eigenvalue weighted by Crippen LogP contribution is -2.40. The van der Waals surface area contributed by atoms with Crippen LogP contribution in [0.25, 0.3) is 0 Å². The van der Waals surface area contributed by atoms with Gasteiger partial charge in [0, 0.05) is 12.1 Å². The maximum Gasteiger partial charge on any atom is 0.347 e. The molecule has 0 unspecified atom stereocenters. The molecule has 0 aliphatic carbocycles. The minimum absolute atomic E-state index is 0.278. The molecule has 2 aliphatic rings. The van der Waals surface area contributed by atoms with Gasteiger partial charge in [0.25, 0.3) is 0 Å². The fourth-order valence-corrected chi connectivity index (χ4v) is 5.61. The third kappa shape index (κ3) is 7.07. The molecule has 2 fully saturated rings. The van der Waals surface area contributed by atoms with Gasteiger partial charge in [0.15, 0.2) is 0 Å². The number of carbonyl (C=O) groups excluding carboxylic acids is 1. The van der Waals surface area contributed by atoms with Gasteiger partial charge in [0.1, 0.15) is 5.75 Å². The molecule has 2 heterocycles. The standard InChI is InChI=1S/C33H40N2O4/c36-32(39-25-28-16-20-35(21-17-28)23-26-8-3-1-4-9-26)33(37,29-10-5-2-6-11-29)30-12-7-13-31(22-30)38-24-27-14-18-34-19-15-27/h1-13,22,27-28,34,37H,14-21,23-25H2/t33-/m0/s1. The van der Waals surface area contributed by atoms with Crippen molar-refractivity contribution in [2.24, 2.45) is 11.8 Å². The summed E-state index contributed by atoms with van der Waals surface area (Å²) < 4.78 is 12.0. The summed E-state index contributed by atoms with van der Waals surface area (Å²) >= 11 is 0. The minimum atomic E-state index is -1.91. The Balaban J connectivity index is 1.23. The quantitative estimate of drug-likeness (QED) is 0.370. The van der Waals surface area contributed by atoms with Crippen LogP contribution >= 0.6 is 0 Å². The molecule has 6 heteroatoms. The van der Waals surface area contributed by atoms with E-state index in [1.54, 1.807) is 24.3 Å². The van der Waals surface area contributed by atoms with E-state index in [1.807, 2.05) is 36.4 Å². The number of nitrogens with zero attached hydrogens (tertiary/aromatic N) is 1. The molecule has 0 aromatic heterocycles. The second-order valence-corrected chi connectivity index (χ2v) is 10.9. The Kier molecular flexibility index (Phi) is 9.30. The van der Waals surface area contributed by atoms with E-state index in [-0.39, 0.29) is 5.92 Å². The number of esters is 1. The molecule has 0 radical (unpaired) electrons. The highest BCUT2D eigenvalue weighted by Crippen LogP contribution is 2.34. The van der Waals surface area contributed by atoms with Gasteiger partial charge >= 0.3 is 5.97 Å². The molecule has 2 saturated heterocycles. The molecule has 39 heavy (non-hydrogen) atoms. The van der Waals surface area contributed by atoms with E-state index in [0.29, 0.717) is 36.0 Å². The fraction of sp³-hybridized carbons (Fsp3) is 0.424. The topological polar surface area (TPSA) is 71.0 Å². The van der Waals surface area contributed by atoms with Crippen molar-refractivity contribution in [1.82, 2.24) is 10.2 Å². The second-order valence-electron chi connectivity index (χ2n) is 10.9. The molecule has 0 amide bonds. The highest BCUT2D eigenvalue weighted by Gasteiger charge is 2.42. The lowest BCUT2D eigenvalue weighted by Gasteiger charge is -2.33. The molecular weight excluding hydrogens is 488 g/mol. The molecule has 206 valence electrons. The number of aliphatic hydroxyl groups is 1. The zero-order valence-corrected chi connectivity index (χ0v) is 22.6. The van der Waals surface area contributed by atoms with Crippen molar-refractivity contribution in [3.63, 3.8) is 0 Å². The molecule has 2 aliphatic heterocycles. The van der Waals surface area contributed by atoms with Crippen LogP contribution in [0.15, 0.2) is 84.9 Å². The van der Waals surface area contributed by atoms with Gasteiger partial charge in [-0.2, -0.15) is 0 Å². The smallest absolute Gasteiger partial charge is 0.347 e.